The minimum atomic E-state index is -0.984. The van der Waals surface area contributed by atoms with Crippen LogP contribution in [0.25, 0.3) is 0 Å². The first kappa shape index (κ1) is 21.5. The van der Waals surface area contributed by atoms with Gasteiger partial charge in [-0.05, 0) is 25.8 Å². The Kier molecular flexibility index (Phi) is 6.49. The predicted molar refractivity (Wildman–Crippen MR) is 105 cm³/mol. The van der Waals surface area contributed by atoms with Crippen molar-refractivity contribution in [2.75, 3.05) is 6.54 Å². The van der Waals surface area contributed by atoms with Gasteiger partial charge in [0.2, 0.25) is 5.43 Å². The molecule has 2 amide bonds. The van der Waals surface area contributed by atoms with Crippen LogP contribution in [0.1, 0.15) is 65.1 Å². The van der Waals surface area contributed by atoms with E-state index in [-0.39, 0.29) is 29.4 Å². The van der Waals surface area contributed by atoms with E-state index in [2.05, 4.69) is 10.6 Å². The van der Waals surface area contributed by atoms with Gasteiger partial charge in [0.25, 0.3) is 11.8 Å². The standard InChI is InChI=1S/C21H23F2N3O4/c1-2-24-21(30)17-19(28)18(27)15(11-26(17)14-5-3-4-6-14)20(29)25-10-12-7-8-13(22)9-16(12)23/h7-9,11,14,28H,2-6,10H2,1H3,(H,24,30)(H,25,29). The van der Waals surface area contributed by atoms with Gasteiger partial charge in [-0.2, -0.15) is 0 Å². The number of aromatic hydroxyl groups is 1. The molecule has 0 atom stereocenters. The Labute approximate surface area is 171 Å². The molecule has 1 heterocycles. The second-order valence-electron chi connectivity index (χ2n) is 7.19. The monoisotopic (exact) mass is 419 g/mol. The third-order valence-corrected chi connectivity index (χ3v) is 5.18. The number of aromatic nitrogens is 1. The molecular formula is C21H23F2N3O4. The molecule has 1 saturated carbocycles. The van der Waals surface area contributed by atoms with Gasteiger partial charge < -0.3 is 20.3 Å². The third kappa shape index (κ3) is 4.34. The number of rotatable bonds is 6. The molecule has 0 radical (unpaired) electrons. The summed E-state index contributed by atoms with van der Waals surface area (Å²) in [4.78, 5) is 37.7. The summed E-state index contributed by atoms with van der Waals surface area (Å²) in [6.07, 6.45) is 4.63. The Bertz CT molecular complexity index is 1030. The van der Waals surface area contributed by atoms with Crippen molar-refractivity contribution in [1.29, 1.82) is 0 Å². The van der Waals surface area contributed by atoms with Gasteiger partial charge in [0.1, 0.15) is 17.2 Å². The van der Waals surface area contributed by atoms with Crippen LogP contribution in [0.4, 0.5) is 8.78 Å². The van der Waals surface area contributed by atoms with Crippen molar-refractivity contribution >= 4 is 11.8 Å². The van der Waals surface area contributed by atoms with Crippen LogP contribution in [0, 0.1) is 11.6 Å². The van der Waals surface area contributed by atoms with Crippen LogP contribution < -0.4 is 16.1 Å². The second-order valence-corrected chi connectivity index (χ2v) is 7.19. The number of carbonyl (C=O) groups is 2. The number of nitrogens with zero attached hydrogens (tertiary/aromatic N) is 1. The van der Waals surface area contributed by atoms with Crippen LogP contribution in [-0.4, -0.2) is 28.0 Å². The molecule has 9 heteroatoms. The minimum Gasteiger partial charge on any atom is -0.503 e. The highest BCUT2D eigenvalue weighted by Gasteiger charge is 2.28. The zero-order valence-corrected chi connectivity index (χ0v) is 16.5. The second kappa shape index (κ2) is 9.06. The molecule has 0 unspecified atom stereocenters. The van der Waals surface area contributed by atoms with Crippen LogP contribution in [0.15, 0.2) is 29.2 Å². The van der Waals surface area contributed by atoms with Gasteiger partial charge in [-0.15, -0.1) is 0 Å². The lowest BCUT2D eigenvalue weighted by Crippen LogP contribution is -2.34. The van der Waals surface area contributed by atoms with Crippen LogP contribution >= 0.6 is 0 Å². The maximum Gasteiger partial charge on any atom is 0.271 e. The summed E-state index contributed by atoms with van der Waals surface area (Å²) in [5, 5.41) is 15.4. The molecule has 2 aromatic rings. The molecule has 30 heavy (non-hydrogen) atoms. The predicted octanol–water partition coefficient (Wildman–Crippen LogP) is 2.63. The highest BCUT2D eigenvalue weighted by atomic mass is 19.1. The molecule has 160 valence electrons. The summed E-state index contributed by atoms with van der Waals surface area (Å²) in [5.41, 5.74) is -1.46. The SMILES string of the molecule is CCNC(=O)c1c(O)c(=O)c(C(=O)NCc2ccc(F)cc2F)cn1C1CCCC1. The van der Waals surface area contributed by atoms with Crippen LogP contribution in [0.5, 0.6) is 5.75 Å². The summed E-state index contributed by atoms with van der Waals surface area (Å²) < 4.78 is 28.3. The Hall–Kier alpha value is -3.23. The van der Waals surface area contributed by atoms with Crippen LogP contribution in [0.2, 0.25) is 0 Å². The molecule has 7 nitrogen and oxygen atoms in total. The number of benzene rings is 1. The lowest BCUT2D eigenvalue weighted by atomic mass is 10.1. The van der Waals surface area contributed by atoms with E-state index >= 15 is 0 Å². The lowest BCUT2D eigenvalue weighted by molar-refractivity contribution is 0.0926. The van der Waals surface area contributed by atoms with E-state index in [1.165, 1.54) is 16.8 Å². The van der Waals surface area contributed by atoms with Gasteiger partial charge in [-0.3, -0.25) is 14.4 Å². The van der Waals surface area contributed by atoms with Crippen molar-refractivity contribution in [2.45, 2.75) is 45.2 Å². The fraction of sp³-hybridized carbons (Fsp3) is 0.381. The van der Waals surface area contributed by atoms with E-state index in [1.807, 2.05) is 0 Å². The Balaban J connectivity index is 1.94. The highest BCUT2D eigenvalue weighted by Crippen LogP contribution is 2.32. The average Bonchev–Trinajstić information content (AvgIpc) is 3.23. The van der Waals surface area contributed by atoms with Crippen molar-refractivity contribution in [1.82, 2.24) is 15.2 Å². The number of halogens is 2. The summed E-state index contributed by atoms with van der Waals surface area (Å²) in [7, 11) is 0. The zero-order valence-electron chi connectivity index (χ0n) is 16.5. The number of nitrogens with one attached hydrogen (secondary N) is 2. The molecule has 3 rings (SSSR count). The van der Waals surface area contributed by atoms with Gasteiger partial charge in [0.15, 0.2) is 11.4 Å². The number of amides is 2. The van der Waals surface area contributed by atoms with Gasteiger partial charge in [-0.25, -0.2) is 8.78 Å². The van der Waals surface area contributed by atoms with Crippen LogP contribution in [-0.2, 0) is 6.54 Å². The maximum atomic E-state index is 13.8. The average molecular weight is 419 g/mol. The first-order valence-electron chi connectivity index (χ1n) is 9.81. The van der Waals surface area contributed by atoms with Crippen molar-refractivity contribution in [3.8, 4) is 5.75 Å². The lowest BCUT2D eigenvalue weighted by Gasteiger charge is -2.21. The topological polar surface area (TPSA) is 100 Å². The highest BCUT2D eigenvalue weighted by molar-refractivity contribution is 5.98. The van der Waals surface area contributed by atoms with E-state index in [0.717, 1.165) is 31.7 Å². The van der Waals surface area contributed by atoms with Crippen molar-refractivity contribution < 1.29 is 23.5 Å². The summed E-state index contributed by atoms with van der Waals surface area (Å²) in [6, 6.07) is 2.82. The van der Waals surface area contributed by atoms with Crippen molar-refractivity contribution in [3.05, 3.63) is 63.1 Å². The first-order chi connectivity index (χ1) is 14.3. The number of carbonyl (C=O) groups excluding carboxylic acids is 2. The molecule has 0 spiro atoms. The first-order valence-corrected chi connectivity index (χ1v) is 9.81. The summed E-state index contributed by atoms with van der Waals surface area (Å²) in [6.45, 7) is 1.75. The normalized spacial score (nSPS) is 14.0. The third-order valence-electron chi connectivity index (χ3n) is 5.18. The summed E-state index contributed by atoms with van der Waals surface area (Å²) in [5.74, 6) is -3.79. The maximum absolute atomic E-state index is 13.8. The quantitative estimate of drug-likeness (QED) is 0.670. The number of pyridine rings is 1. The molecule has 1 aromatic heterocycles. The summed E-state index contributed by atoms with van der Waals surface area (Å²) >= 11 is 0. The zero-order chi connectivity index (χ0) is 21.8. The fourth-order valence-electron chi connectivity index (χ4n) is 3.66. The van der Waals surface area contributed by atoms with Crippen molar-refractivity contribution in [3.63, 3.8) is 0 Å². The Morgan fingerprint density at radius 3 is 2.50 bits per heavy atom. The van der Waals surface area contributed by atoms with E-state index in [4.69, 9.17) is 0 Å². The van der Waals surface area contributed by atoms with E-state index in [9.17, 15) is 28.3 Å². The van der Waals surface area contributed by atoms with Gasteiger partial charge >= 0.3 is 0 Å². The molecule has 1 aromatic carbocycles. The largest absolute Gasteiger partial charge is 0.503 e. The Morgan fingerprint density at radius 1 is 1.17 bits per heavy atom. The molecule has 1 aliphatic rings. The molecule has 1 aliphatic carbocycles. The minimum absolute atomic E-state index is 0.0454. The van der Waals surface area contributed by atoms with Crippen molar-refractivity contribution in [2.24, 2.45) is 0 Å². The van der Waals surface area contributed by atoms with E-state index < -0.39 is 34.6 Å². The van der Waals surface area contributed by atoms with Crippen LogP contribution in [0.3, 0.4) is 0 Å². The number of hydrogen-bond donors (Lipinski definition) is 3. The van der Waals surface area contributed by atoms with E-state index in [1.54, 1.807) is 6.92 Å². The molecular weight excluding hydrogens is 396 g/mol. The molecule has 0 bridgehead atoms. The van der Waals surface area contributed by atoms with Gasteiger partial charge in [0, 0.05) is 37.0 Å². The fourth-order valence-corrected chi connectivity index (χ4v) is 3.66. The van der Waals surface area contributed by atoms with Gasteiger partial charge in [0.05, 0.1) is 0 Å². The number of hydrogen-bond acceptors (Lipinski definition) is 4. The smallest absolute Gasteiger partial charge is 0.271 e. The molecule has 3 N–H and O–H groups in total. The molecule has 0 aliphatic heterocycles. The molecule has 1 fully saturated rings. The molecule has 0 saturated heterocycles. The van der Waals surface area contributed by atoms with E-state index in [0.29, 0.717) is 12.6 Å². The van der Waals surface area contributed by atoms with Gasteiger partial charge in [-0.1, -0.05) is 18.9 Å². The Morgan fingerprint density at radius 2 is 1.87 bits per heavy atom.